The lowest BCUT2D eigenvalue weighted by Crippen LogP contribution is -2.20. The second kappa shape index (κ2) is 6.50. The first kappa shape index (κ1) is 16.9. The molecule has 0 fully saturated rings. The van der Waals surface area contributed by atoms with E-state index < -0.39 is 20.6 Å². The maximum Gasteiger partial charge on any atom is 0.312 e. The quantitative estimate of drug-likeness (QED) is 0.561. The molecular formula is C11H15N3O6S. The van der Waals surface area contributed by atoms with E-state index >= 15 is 0 Å². The number of nitro groups is 1. The molecule has 0 saturated heterocycles. The molecule has 116 valence electrons. The number of amides is 1. The van der Waals surface area contributed by atoms with E-state index in [2.05, 4.69) is 5.32 Å². The van der Waals surface area contributed by atoms with Crippen molar-refractivity contribution in [2.45, 2.75) is 18.2 Å². The van der Waals surface area contributed by atoms with Gasteiger partial charge in [0.2, 0.25) is 15.9 Å². The Hall–Kier alpha value is -2.20. The zero-order valence-corrected chi connectivity index (χ0v) is 12.3. The topological polar surface area (TPSA) is 142 Å². The van der Waals surface area contributed by atoms with Crippen LogP contribution in [0.4, 0.5) is 5.69 Å². The van der Waals surface area contributed by atoms with Crippen molar-refractivity contribution in [3.8, 4) is 5.75 Å². The molecule has 0 saturated carbocycles. The predicted octanol–water partition coefficient (Wildman–Crippen LogP) is 0.0655. The van der Waals surface area contributed by atoms with E-state index in [-0.39, 0.29) is 35.1 Å². The summed E-state index contributed by atoms with van der Waals surface area (Å²) >= 11 is 0. The average molecular weight is 317 g/mol. The number of aryl methyl sites for hydroxylation is 1. The van der Waals surface area contributed by atoms with Crippen molar-refractivity contribution in [3.05, 3.63) is 27.8 Å². The Bertz CT molecular complexity index is 671. The number of hydrogen-bond donors (Lipinski definition) is 2. The van der Waals surface area contributed by atoms with Gasteiger partial charge in [-0.2, -0.15) is 0 Å². The number of primary sulfonamides is 1. The Morgan fingerprint density at radius 3 is 2.57 bits per heavy atom. The first-order chi connectivity index (χ1) is 9.66. The maximum absolute atomic E-state index is 11.3. The van der Waals surface area contributed by atoms with Gasteiger partial charge in [0.1, 0.15) is 0 Å². The van der Waals surface area contributed by atoms with Crippen LogP contribution in [0.5, 0.6) is 5.75 Å². The van der Waals surface area contributed by atoms with Crippen LogP contribution in [0, 0.1) is 17.0 Å². The fourth-order valence-electron chi connectivity index (χ4n) is 1.59. The lowest BCUT2D eigenvalue weighted by molar-refractivity contribution is -0.386. The second-order valence-corrected chi connectivity index (χ2v) is 5.69. The zero-order valence-electron chi connectivity index (χ0n) is 11.5. The van der Waals surface area contributed by atoms with Crippen LogP contribution in [0.2, 0.25) is 0 Å². The highest BCUT2D eigenvalue weighted by atomic mass is 32.2. The molecule has 10 heteroatoms. The molecule has 0 radical (unpaired) electrons. The predicted molar refractivity (Wildman–Crippen MR) is 73.4 cm³/mol. The van der Waals surface area contributed by atoms with Gasteiger partial charge in [-0.25, -0.2) is 13.6 Å². The monoisotopic (exact) mass is 317 g/mol. The van der Waals surface area contributed by atoms with Crippen LogP contribution in [0.3, 0.4) is 0 Å². The first-order valence-corrected chi connectivity index (χ1v) is 7.36. The van der Waals surface area contributed by atoms with Crippen LogP contribution in [0.15, 0.2) is 17.0 Å². The van der Waals surface area contributed by atoms with Crippen molar-refractivity contribution < 1.29 is 22.9 Å². The highest BCUT2D eigenvalue weighted by Gasteiger charge is 2.23. The average Bonchev–Trinajstić information content (AvgIpc) is 2.36. The van der Waals surface area contributed by atoms with Crippen molar-refractivity contribution >= 4 is 21.6 Å². The molecule has 0 atom stereocenters. The van der Waals surface area contributed by atoms with Gasteiger partial charge in [0.05, 0.1) is 22.8 Å². The number of nitro benzene ring substituents is 1. The number of nitrogens with one attached hydrogen (secondary N) is 1. The van der Waals surface area contributed by atoms with E-state index in [0.717, 1.165) is 6.07 Å². The second-order valence-electron chi connectivity index (χ2n) is 4.16. The molecule has 0 aliphatic rings. The Labute approximate surface area is 121 Å². The third-order valence-corrected chi connectivity index (χ3v) is 3.68. The summed E-state index contributed by atoms with van der Waals surface area (Å²) in [7, 11) is -2.61. The van der Waals surface area contributed by atoms with Crippen LogP contribution in [-0.2, 0) is 14.8 Å². The molecule has 21 heavy (non-hydrogen) atoms. The van der Waals surface area contributed by atoms with E-state index in [1.54, 1.807) is 0 Å². The summed E-state index contributed by atoms with van der Waals surface area (Å²) in [6, 6.07) is 2.06. The number of ether oxygens (including phenoxy) is 1. The fourth-order valence-corrected chi connectivity index (χ4v) is 2.38. The summed E-state index contributed by atoms with van der Waals surface area (Å²) < 4.78 is 27.9. The first-order valence-electron chi connectivity index (χ1n) is 5.82. The Morgan fingerprint density at radius 2 is 2.10 bits per heavy atom. The van der Waals surface area contributed by atoms with Crippen molar-refractivity contribution in [2.75, 3.05) is 13.7 Å². The number of sulfonamides is 1. The van der Waals surface area contributed by atoms with E-state index in [1.807, 2.05) is 0 Å². The molecule has 3 N–H and O–H groups in total. The molecular weight excluding hydrogens is 302 g/mol. The van der Waals surface area contributed by atoms with Gasteiger partial charge >= 0.3 is 5.69 Å². The smallest absolute Gasteiger partial charge is 0.312 e. The minimum absolute atomic E-state index is 0.0175. The minimum Gasteiger partial charge on any atom is -0.486 e. The van der Waals surface area contributed by atoms with E-state index in [4.69, 9.17) is 9.88 Å². The molecule has 1 aromatic rings. The highest BCUT2D eigenvalue weighted by Crippen LogP contribution is 2.32. The summed E-state index contributed by atoms with van der Waals surface area (Å²) in [5, 5.41) is 18.3. The molecule has 0 aliphatic heterocycles. The third-order valence-electron chi connectivity index (χ3n) is 2.63. The van der Waals surface area contributed by atoms with Crippen molar-refractivity contribution in [2.24, 2.45) is 5.14 Å². The summed E-state index contributed by atoms with van der Waals surface area (Å²) in [4.78, 5) is 20.9. The van der Waals surface area contributed by atoms with Crippen molar-refractivity contribution in [3.63, 3.8) is 0 Å². The maximum atomic E-state index is 11.3. The number of benzene rings is 1. The summed E-state index contributed by atoms with van der Waals surface area (Å²) in [5.74, 6) is -0.399. The van der Waals surface area contributed by atoms with Crippen LogP contribution >= 0.6 is 0 Å². The minimum atomic E-state index is -4.07. The van der Waals surface area contributed by atoms with Gasteiger partial charge in [0.25, 0.3) is 0 Å². The van der Waals surface area contributed by atoms with Gasteiger partial charge in [-0.05, 0) is 18.6 Å². The van der Waals surface area contributed by atoms with Crippen LogP contribution in [0.25, 0.3) is 0 Å². The molecule has 1 aromatic carbocycles. The van der Waals surface area contributed by atoms with Crippen molar-refractivity contribution in [1.82, 2.24) is 5.32 Å². The molecule has 0 aliphatic carbocycles. The van der Waals surface area contributed by atoms with E-state index in [1.165, 1.54) is 20.0 Å². The molecule has 9 nitrogen and oxygen atoms in total. The number of nitrogens with zero attached hydrogens (tertiary/aromatic N) is 1. The number of carbonyl (C=O) groups excluding carboxylic acids is 1. The molecule has 1 amide bonds. The molecule has 0 heterocycles. The van der Waals surface area contributed by atoms with Crippen LogP contribution in [-0.4, -0.2) is 32.9 Å². The standard InChI is InChI=1S/C11H15N3O6S/c1-7-5-9(20-4-3-11(15)13-2)8(14(16)17)6-10(7)21(12,18)19/h5-6H,3-4H2,1-2H3,(H,13,15)(H2,12,18,19). The molecule has 0 bridgehead atoms. The number of rotatable bonds is 6. The van der Waals surface area contributed by atoms with Gasteiger partial charge in [0, 0.05) is 13.1 Å². The molecule has 0 aromatic heterocycles. The number of hydrogen-bond acceptors (Lipinski definition) is 6. The van der Waals surface area contributed by atoms with Gasteiger partial charge in [-0.15, -0.1) is 0 Å². The molecule has 1 rings (SSSR count). The van der Waals surface area contributed by atoms with Crippen molar-refractivity contribution in [1.29, 1.82) is 0 Å². The van der Waals surface area contributed by atoms with E-state index in [0.29, 0.717) is 0 Å². The van der Waals surface area contributed by atoms with Crippen LogP contribution in [0.1, 0.15) is 12.0 Å². The Morgan fingerprint density at radius 1 is 1.48 bits per heavy atom. The number of carbonyl (C=O) groups is 1. The highest BCUT2D eigenvalue weighted by molar-refractivity contribution is 7.89. The normalized spacial score (nSPS) is 11.0. The van der Waals surface area contributed by atoms with E-state index in [9.17, 15) is 23.3 Å². The number of nitrogens with two attached hydrogens (primary N) is 1. The van der Waals surface area contributed by atoms with Gasteiger partial charge < -0.3 is 10.1 Å². The summed E-state index contributed by atoms with van der Waals surface area (Å²) in [5.41, 5.74) is -0.306. The fraction of sp³-hybridized carbons (Fsp3) is 0.364. The lowest BCUT2D eigenvalue weighted by Gasteiger charge is -2.09. The third kappa shape index (κ3) is 4.39. The Kier molecular flexibility index (Phi) is 5.22. The SMILES string of the molecule is CNC(=O)CCOc1cc(C)c(S(N)(=O)=O)cc1[N+](=O)[O-]. The van der Waals surface area contributed by atoms with Crippen LogP contribution < -0.4 is 15.2 Å². The van der Waals surface area contributed by atoms with Gasteiger partial charge in [0.15, 0.2) is 5.75 Å². The summed E-state index contributed by atoms with van der Waals surface area (Å²) in [6.45, 7) is 1.36. The largest absolute Gasteiger partial charge is 0.486 e. The Balaban J connectivity index is 3.12. The van der Waals surface area contributed by atoms with Gasteiger partial charge in [-0.3, -0.25) is 14.9 Å². The zero-order chi connectivity index (χ0) is 16.2. The van der Waals surface area contributed by atoms with Gasteiger partial charge in [-0.1, -0.05) is 0 Å². The summed E-state index contributed by atoms with van der Waals surface area (Å²) in [6.07, 6.45) is 0.0175. The molecule has 0 unspecified atom stereocenters. The lowest BCUT2D eigenvalue weighted by atomic mass is 10.2. The molecule has 0 spiro atoms.